The van der Waals surface area contributed by atoms with E-state index in [-0.39, 0.29) is 0 Å². The zero-order valence-corrected chi connectivity index (χ0v) is 10.1. The maximum Gasteiger partial charge on any atom is 0.0110 e. The van der Waals surface area contributed by atoms with Gasteiger partial charge in [-0.3, -0.25) is 4.90 Å². The number of nitrogens with two attached hydrogens (primary N) is 1. The quantitative estimate of drug-likeness (QED) is 0.755. The van der Waals surface area contributed by atoms with Gasteiger partial charge in [-0.15, -0.1) is 0 Å². The van der Waals surface area contributed by atoms with Crippen LogP contribution >= 0.6 is 0 Å². The van der Waals surface area contributed by atoms with Crippen molar-refractivity contribution in [2.24, 2.45) is 11.7 Å². The van der Waals surface area contributed by atoms with Gasteiger partial charge in [-0.1, -0.05) is 26.2 Å². The van der Waals surface area contributed by atoms with Gasteiger partial charge in [-0.05, 0) is 31.6 Å². The number of hydrogen-bond donors (Lipinski definition) is 1. The minimum Gasteiger partial charge on any atom is -0.329 e. The van der Waals surface area contributed by atoms with E-state index in [0.29, 0.717) is 0 Å². The highest BCUT2D eigenvalue weighted by atomic mass is 15.2. The van der Waals surface area contributed by atoms with Crippen LogP contribution in [0.5, 0.6) is 0 Å². The van der Waals surface area contributed by atoms with Gasteiger partial charge in [0.25, 0.3) is 0 Å². The van der Waals surface area contributed by atoms with Crippen LogP contribution in [0.4, 0.5) is 0 Å². The first-order chi connectivity index (χ1) is 7.35. The molecule has 15 heavy (non-hydrogen) atoms. The molecule has 2 aliphatic carbocycles. The second-order valence-electron chi connectivity index (χ2n) is 5.35. The number of hydrogen-bond acceptors (Lipinski definition) is 2. The lowest BCUT2D eigenvalue weighted by molar-refractivity contribution is 0.124. The van der Waals surface area contributed by atoms with Gasteiger partial charge >= 0.3 is 0 Å². The van der Waals surface area contributed by atoms with Crippen LogP contribution in [0.2, 0.25) is 0 Å². The van der Waals surface area contributed by atoms with Crippen LogP contribution in [0.3, 0.4) is 0 Å². The molecule has 2 nitrogen and oxygen atoms in total. The van der Waals surface area contributed by atoms with Crippen molar-refractivity contribution in [1.29, 1.82) is 0 Å². The van der Waals surface area contributed by atoms with Gasteiger partial charge in [0, 0.05) is 25.2 Å². The van der Waals surface area contributed by atoms with Crippen LogP contribution < -0.4 is 5.73 Å². The zero-order chi connectivity index (χ0) is 10.7. The predicted octanol–water partition coefficient (Wildman–Crippen LogP) is 2.38. The third kappa shape index (κ3) is 2.94. The highest BCUT2D eigenvalue weighted by Crippen LogP contribution is 2.35. The molecule has 0 spiro atoms. The summed E-state index contributed by atoms with van der Waals surface area (Å²) in [6.07, 6.45) is 9.99. The molecule has 0 radical (unpaired) electrons. The number of nitrogens with zero attached hydrogens (tertiary/aromatic N) is 1. The lowest BCUT2D eigenvalue weighted by atomic mass is 9.83. The standard InChI is InChI=1S/C13H26N2/c1-2-11-4-3-5-13(10-11)15(9-8-14)12-6-7-12/h11-13H,2-10,14H2,1H3. The summed E-state index contributed by atoms with van der Waals surface area (Å²) in [6, 6.07) is 1.76. The summed E-state index contributed by atoms with van der Waals surface area (Å²) in [7, 11) is 0. The van der Waals surface area contributed by atoms with Crippen molar-refractivity contribution >= 4 is 0 Å². The second-order valence-corrected chi connectivity index (χ2v) is 5.35. The van der Waals surface area contributed by atoms with E-state index in [1.54, 1.807) is 0 Å². The van der Waals surface area contributed by atoms with E-state index in [1.807, 2.05) is 0 Å². The average Bonchev–Trinajstić information content (AvgIpc) is 3.10. The molecule has 0 heterocycles. The summed E-state index contributed by atoms with van der Waals surface area (Å²) < 4.78 is 0. The van der Waals surface area contributed by atoms with Crippen molar-refractivity contribution in [1.82, 2.24) is 4.90 Å². The monoisotopic (exact) mass is 210 g/mol. The molecule has 2 heteroatoms. The molecule has 0 aromatic rings. The topological polar surface area (TPSA) is 29.3 Å². The molecule has 0 bridgehead atoms. The van der Waals surface area contributed by atoms with Crippen molar-refractivity contribution in [3.05, 3.63) is 0 Å². The van der Waals surface area contributed by atoms with Gasteiger partial charge in [-0.25, -0.2) is 0 Å². The van der Waals surface area contributed by atoms with Crippen LogP contribution in [-0.2, 0) is 0 Å². The van der Waals surface area contributed by atoms with Crippen LogP contribution in [0, 0.1) is 5.92 Å². The molecule has 0 aliphatic heterocycles. The first-order valence-corrected chi connectivity index (χ1v) is 6.81. The Morgan fingerprint density at radius 3 is 2.53 bits per heavy atom. The summed E-state index contributed by atoms with van der Waals surface area (Å²) in [5.74, 6) is 0.989. The van der Waals surface area contributed by atoms with Gasteiger partial charge in [0.15, 0.2) is 0 Å². The fourth-order valence-corrected chi connectivity index (χ4v) is 3.15. The Bertz CT molecular complexity index is 189. The van der Waals surface area contributed by atoms with E-state index >= 15 is 0 Å². The fourth-order valence-electron chi connectivity index (χ4n) is 3.15. The minimum absolute atomic E-state index is 0.837. The molecule has 0 aromatic heterocycles. The molecular formula is C13H26N2. The first-order valence-electron chi connectivity index (χ1n) is 6.81. The van der Waals surface area contributed by atoms with E-state index < -0.39 is 0 Å². The van der Waals surface area contributed by atoms with Gasteiger partial charge in [-0.2, -0.15) is 0 Å². The first kappa shape index (κ1) is 11.4. The summed E-state index contributed by atoms with van der Waals surface area (Å²) in [4.78, 5) is 2.72. The average molecular weight is 210 g/mol. The molecular weight excluding hydrogens is 184 g/mol. The lowest BCUT2D eigenvalue weighted by Gasteiger charge is -2.37. The highest BCUT2D eigenvalue weighted by Gasteiger charge is 2.35. The van der Waals surface area contributed by atoms with Gasteiger partial charge in [0.05, 0.1) is 0 Å². The molecule has 2 saturated carbocycles. The van der Waals surface area contributed by atoms with E-state index in [1.165, 1.54) is 44.9 Å². The lowest BCUT2D eigenvalue weighted by Crippen LogP contribution is -2.43. The third-order valence-corrected chi connectivity index (χ3v) is 4.20. The summed E-state index contributed by atoms with van der Waals surface area (Å²) in [5.41, 5.74) is 5.73. The van der Waals surface area contributed by atoms with Crippen molar-refractivity contribution in [2.45, 2.75) is 64.0 Å². The molecule has 2 N–H and O–H groups in total. The summed E-state index contributed by atoms with van der Waals surface area (Å²) in [6.45, 7) is 4.31. The van der Waals surface area contributed by atoms with Crippen LogP contribution in [0.15, 0.2) is 0 Å². The van der Waals surface area contributed by atoms with Crippen molar-refractivity contribution in [3.63, 3.8) is 0 Å². The third-order valence-electron chi connectivity index (χ3n) is 4.20. The Labute approximate surface area is 94.2 Å². The van der Waals surface area contributed by atoms with E-state index in [0.717, 1.165) is 31.1 Å². The maximum absolute atomic E-state index is 5.73. The van der Waals surface area contributed by atoms with Crippen LogP contribution in [0.25, 0.3) is 0 Å². The molecule has 0 amide bonds. The Kier molecular flexibility index (Phi) is 4.04. The SMILES string of the molecule is CCC1CCCC(N(CCN)C2CC2)C1. The van der Waals surface area contributed by atoms with Gasteiger partial charge in [0.2, 0.25) is 0 Å². The Morgan fingerprint density at radius 1 is 1.13 bits per heavy atom. The second kappa shape index (κ2) is 5.31. The predicted molar refractivity (Wildman–Crippen MR) is 64.8 cm³/mol. The Hall–Kier alpha value is -0.0800. The Morgan fingerprint density at radius 2 is 1.93 bits per heavy atom. The van der Waals surface area contributed by atoms with Crippen LogP contribution in [-0.4, -0.2) is 30.1 Å². The molecule has 2 rings (SSSR count). The van der Waals surface area contributed by atoms with E-state index in [4.69, 9.17) is 5.73 Å². The normalized spacial score (nSPS) is 32.2. The maximum atomic E-state index is 5.73. The van der Waals surface area contributed by atoms with Gasteiger partial charge < -0.3 is 5.73 Å². The van der Waals surface area contributed by atoms with E-state index in [9.17, 15) is 0 Å². The molecule has 0 aromatic carbocycles. The van der Waals surface area contributed by atoms with Crippen molar-refractivity contribution < 1.29 is 0 Å². The summed E-state index contributed by atoms with van der Waals surface area (Å²) >= 11 is 0. The van der Waals surface area contributed by atoms with Crippen LogP contribution in [0.1, 0.15) is 51.9 Å². The van der Waals surface area contributed by atoms with Crippen molar-refractivity contribution in [3.8, 4) is 0 Å². The summed E-state index contributed by atoms with van der Waals surface area (Å²) in [5, 5.41) is 0. The largest absolute Gasteiger partial charge is 0.329 e. The molecule has 2 aliphatic rings. The number of rotatable bonds is 5. The molecule has 2 atom stereocenters. The van der Waals surface area contributed by atoms with Crippen molar-refractivity contribution in [2.75, 3.05) is 13.1 Å². The fraction of sp³-hybridized carbons (Fsp3) is 1.00. The molecule has 0 saturated heterocycles. The Balaban J connectivity index is 1.88. The molecule has 2 unspecified atom stereocenters. The molecule has 2 fully saturated rings. The van der Waals surface area contributed by atoms with Gasteiger partial charge in [0.1, 0.15) is 0 Å². The van der Waals surface area contributed by atoms with E-state index in [2.05, 4.69) is 11.8 Å². The zero-order valence-electron chi connectivity index (χ0n) is 10.1. The molecule has 88 valence electrons. The smallest absolute Gasteiger partial charge is 0.0110 e. The highest BCUT2D eigenvalue weighted by molar-refractivity contribution is 4.91. The minimum atomic E-state index is 0.837.